The van der Waals surface area contributed by atoms with Crippen LogP contribution in [0.4, 0.5) is 0 Å². The molecular weight excluding hydrogens is 416 g/mol. The van der Waals surface area contributed by atoms with E-state index in [1.54, 1.807) is 31.0 Å². The molecule has 0 unspecified atom stereocenters. The Balaban J connectivity index is 2.14. The first kappa shape index (κ1) is 24.5. The Bertz CT molecular complexity index is 870. The van der Waals surface area contributed by atoms with Gasteiger partial charge in [-0.1, -0.05) is 29.8 Å². The van der Waals surface area contributed by atoms with Crippen molar-refractivity contribution in [2.75, 3.05) is 20.3 Å². The summed E-state index contributed by atoms with van der Waals surface area (Å²) in [6.45, 7) is 6.98. The molecule has 168 valence electrons. The zero-order valence-electron chi connectivity index (χ0n) is 18.6. The molecule has 2 amide bonds. The minimum absolute atomic E-state index is 0.0992. The summed E-state index contributed by atoms with van der Waals surface area (Å²) in [5.41, 5.74) is 1.88. The third kappa shape index (κ3) is 7.17. The van der Waals surface area contributed by atoms with Gasteiger partial charge in [-0.2, -0.15) is 0 Å². The number of hydrogen-bond donors (Lipinski definition) is 1. The average molecular weight is 447 g/mol. The van der Waals surface area contributed by atoms with Crippen molar-refractivity contribution < 1.29 is 19.1 Å². The molecule has 0 spiro atoms. The fourth-order valence-corrected chi connectivity index (χ4v) is 3.35. The number of carbonyl (C=O) groups is 2. The number of carbonyl (C=O) groups excluding carboxylic acids is 2. The zero-order valence-corrected chi connectivity index (χ0v) is 19.4. The first-order valence-corrected chi connectivity index (χ1v) is 10.9. The summed E-state index contributed by atoms with van der Waals surface area (Å²) >= 11 is 5.97. The molecule has 0 aromatic heterocycles. The lowest BCUT2D eigenvalue weighted by atomic mass is 10.1. The van der Waals surface area contributed by atoms with Gasteiger partial charge in [0.15, 0.2) is 11.5 Å². The number of aryl methyl sites for hydroxylation is 1. The van der Waals surface area contributed by atoms with Crippen LogP contribution < -0.4 is 14.8 Å². The van der Waals surface area contributed by atoms with Gasteiger partial charge in [-0.05, 0) is 62.6 Å². The number of nitrogens with zero attached hydrogens (tertiary/aromatic N) is 1. The van der Waals surface area contributed by atoms with Crippen LogP contribution in [-0.4, -0.2) is 43.0 Å². The summed E-state index contributed by atoms with van der Waals surface area (Å²) in [6.07, 6.45) is 0.803. The number of nitrogens with one attached hydrogen (secondary N) is 1. The summed E-state index contributed by atoms with van der Waals surface area (Å²) in [4.78, 5) is 26.9. The highest BCUT2D eigenvalue weighted by molar-refractivity contribution is 6.30. The van der Waals surface area contributed by atoms with Crippen LogP contribution in [-0.2, 0) is 22.6 Å². The van der Waals surface area contributed by atoms with E-state index in [1.165, 1.54) is 0 Å². The Hall–Kier alpha value is -2.73. The summed E-state index contributed by atoms with van der Waals surface area (Å²) < 4.78 is 11.3. The Morgan fingerprint density at radius 2 is 1.61 bits per heavy atom. The van der Waals surface area contributed by atoms with Gasteiger partial charge in [-0.3, -0.25) is 9.59 Å². The summed E-state index contributed by atoms with van der Waals surface area (Å²) in [5, 5.41) is 3.25. The SMILES string of the molecule is CCOc1ccc(CCC(=O)N(Cc2ccc(Cl)cc2)[C@@H](C)C(=O)NC)cc1OCC. The number of ether oxygens (including phenoxy) is 2. The van der Waals surface area contributed by atoms with E-state index in [1.807, 2.05) is 44.2 Å². The molecule has 2 rings (SSSR count). The average Bonchev–Trinajstić information content (AvgIpc) is 2.77. The highest BCUT2D eigenvalue weighted by atomic mass is 35.5. The van der Waals surface area contributed by atoms with Gasteiger partial charge in [-0.25, -0.2) is 0 Å². The van der Waals surface area contributed by atoms with Gasteiger partial charge < -0.3 is 19.7 Å². The molecule has 2 aromatic carbocycles. The number of rotatable bonds is 11. The second-order valence-corrected chi connectivity index (χ2v) is 7.52. The van der Waals surface area contributed by atoms with Crippen LogP contribution in [0.25, 0.3) is 0 Å². The molecule has 0 saturated carbocycles. The largest absolute Gasteiger partial charge is 0.490 e. The summed E-state index contributed by atoms with van der Waals surface area (Å²) in [6, 6.07) is 12.4. The van der Waals surface area contributed by atoms with Gasteiger partial charge in [0.25, 0.3) is 0 Å². The third-order valence-corrected chi connectivity index (χ3v) is 5.17. The van der Waals surface area contributed by atoms with Crippen molar-refractivity contribution in [3.63, 3.8) is 0 Å². The minimum Gasteiger partial charge on any atom is -0.490 e. The molecule has 0 bridgehead atoms. The van der Waals surface area contributed by atoms with Crippen molar-refractivity contribution in [2.45, 2.75) is 46.2 Å². The highest BCUT2D eigenvalue weighted by Gasteiger charge is 2.25. The number of benzene rings is 2. The van der Waals surface area contributed by atoms with Gasteiger partial charge in [-0.15, -0.1) is 0 Å². The standard InChI is InChI=1S/C24H31ClN2O4/c1-5-30-21-13-9-18(15-22(21)31-6-2)10-14-23(28)27(17(3)24(29)26-4)16-19-7-11-20(25)12-8-19/h7-9,11-13,15,17H,5-6,10,14,16H2,1-4H3,(H,26,29)/t17-/m0/s1. The maximum atomic E-state index is 13.1. The minimum atomic E-state index is -0.590. The number of likely N-dealkylation sites (N-methyl/N-ethyl adjacent to an activating group) is 1. The van der Waals surface area contributed by atoms with Crippen LogP contribution in [0.5, 0.6) is 11.5 Å². The van der Waals surface area contributed by atoms with Crippen LogP contribution >= 0.6 is 11.6 Å². The van der Waals surface area contributed by atoms with E-state index in [2.05, 4.69) is 5.32 Å². The van der Waals surface area contributed by atoms with E-state index >= 15 is 0 Å². The predicted octanol–water partition coefficient (Wildman–Crippen LogP) is 4.23. The Morgan fingerprint density at radius 1 is 1.00 bits per heavy atom. The lowest BCUT2D eigenvalue weighted by Gasteiger charge is -2.28. The van der Waals surface area contributed by atoms with E-state index in [0.29, 0.717) is 42.7 Å². The maximum Gasteiger partial charge on any atom is 0.242 e. The van der Waals surface area contributed by atoms with Crippen LogP contribution in [0.3, 0.4) is 0 Å². The topological polar surface area (TPSA) is 67.9 Å². The Morgan fingerprint density at radius 3 is 2.23 bits per heavy atom. The first-order chi connectivity index (χ1) is 14.9. The van der Waals surface area contributed by atoms with Gasteiger partial charge in [0, 0.05) is 25.0 Å². The van der Waals surface area contributed by atoms with Crippen molar-refractivity contribution in [1.29, 1.82) is 0 Å². The summed E-state index contributed by atoms with van der Waals surface area (Å²) in [7, 11) is 1.57. The molecule has 0 aliphatic heterocycles. The van der Waals surface area contributed by atoms with E-state index in [0.717, 1.165) is 11.1 Å². The highest BCUT2D eigenvalue weighted by Crippen LogP contribution is 2.29. The third-order valence-electron chi connectivity index (χ3n) is 4.92. The molecule has 0 aliphatic carbocycles. The van der Waals surface area contributed by atoms with Crippen LogP contribution in [0, 0.1) is 0 Å². The van der Waals surface area contributed by atoms with Crippen LogP contribution in [0.2, 0.25) is 5.02 Å². The van der Waals surface area contributed by atoms with Crippen molar-refractivity contribution in [1.82, 2.24) is 10.2 Å². The van der Waals surface area contributed by atoms with Crippen molar-refractivity contribution in [3.05, 3.63) is 58.6 Å². The number of amides is 2. The summed E-state index contributed by atoms with van der Waals surface area (Å²) in [5.74, 6) is 1.06. The van der Waals surface area contributed by atoms with Crippen molar-refractivity contribution in [2.24, 2.45) is 0 Å². The van der Waals surface area contributed by atoms with Gasteiger partial charge in [0.1, 0.15) is 6.04 Å². The van der Waals surface area contributed by atoms with Gasteiger partial charge in [0.05, 0.1) is 13.2 Å². The number of hydrogen-bond acceptors (Lipinski definition) is 4. The molecule has 0 radical (unpaired) electrons. The molecule has 1 N–H and O–H groups in total. The smallest absolute Gasteiger partial charge is 0.242 e. The van der Waals surface area contributed by atoms with Crippen molar-refractivity contribution >= 4 is 23.4 Å². The number of halogens is 1. The molecule has 0 aliphatic rings. The molecule has 0 fully saturated rings. The quantitative estimate of drug-likeness (QED) is 0.560. The van der Waals surface area contributed by atoms with E-state index in [-0.39, 0.29) is 18.2 Å². The molecule has 31 heavy (non-hydrogen) atoms. The molecular formula is C24H31ClN2O4. The van der Waals surface area contributed by atoms with E-state index in [4.69, 9.17) is 21.1 Å². The normalized spacial score (nSPS) is 11.5. The zero-order chi connectivity index (χ0) is 22.8. The predicted molar refractivity (Wildman–Crippen MR) is 123 cm³/mol. The second kappa shape index (κ2) is 12.2. The van der Waals surface area contributed by atoms with E-state index < -0.39 is 6.04 Å². The first-order valence-electron chi connectivity index (χ1n) is 10.5. The molecule has 6 nitrogen and oxygen atoms in total. The van der Waals surface area contributed by atoms with Crippen molar-refractivity contribution in [3.8, 4) is 11.5 Å². The molecule has 0 saturated heterocycles. The fraction of sp³-hybridized carbons (Fsp3) is 0.417. The molecule has 2 aromatic rings. The Kier molecular flexibility index (Phi) is 9.66. The Labute approximate surface area is 189 Å². The van der Waals surface area contributed by atoms with Crippen LogP contribution in [0.1, 0.15) is 38.3 Å². The second-order valence-electron chi connectivity index (χ2n) is 7.09. The molecule has 0 heterocycles. The van der Waals surface area contributed by atoms with Gasteiger partial charge in [0.2, 0.25) is 11.8 Å². The van der Waals surface area contributed by atoms with E-state index in [9.17, 15) is 9.59 Å². The lowest BCUT2D eigenvalue weighted by molar-refractivity contribution is -0.140. The monoisotopic (exact) mass is 446 g/mol. The molecule has 1 atom stereocenters. The van der Waals surface area contributed by atoms with Crippen LogP contribution in [0.15, 0.2) is 42.5 Å². The maximum absolute atomic E-state index is 13.1. The molecule has 7 heteroatoms. The fourth-order valence-electron chi connectivity index (χ4n) is 3.22. The van der Waals surface area contributed by atoms with Gasteiger partial charge >= 0.3 is 0 Å². The lowest BCUT2D eigenvalue weighted by Crippen LogP contribution is -2.46.